The van der Waals surface area contributed by atoms with Gasteiger partial charge in [-0.2, -0.15) is 0 Å². The minimum absolute atomic E-state index is 0.0759. The lowest BCUT2D eigenvalue weighted by Gasteiger charge is -2.08. The van der Waals surface area contributed by atoms with E-state index in [-0.39, 0.29) is 11.7 Å². The fraction of sp³-hybridized carbons (Fsp3) is 0.0870. The maximum Gasteiger partial charge on any atom is 0.234 e. The Morgan fingerprint density at radius 3 is 2.67 bits per heavy atom. The average Bonchev–Trinajstić information content (AvgIpc) is 3.35. The van der Waals surface area contributed by atoms with Crippen molar-refractivity contribution in [3.63, 3.8) is 0 Å². The van der Waals surface area contributed by atoms with Gasteiger partial charge in [-0.1, -0.05) is 66.4 Å². The van der Waals surface area contributed by atoms with Crippen molar-refractivity contribution in [3.05, 3.63) is 72.9 Å². The molecule has 0 saturated carbocycles. The average molecular weight is 414 g/mol. The Hall–Kier alpha value is -3.58. The number of hydrogen-bond acceptors (Lipinski definition) is 4. The summed E-state index contributed by atoms with van der Waals surface area (Å²) < 4.78 is 1.92. The number of anilines is 1. The summed E-state index contributed by atoms with van der Waals surface area (Å²) in [6.45, 7) is 0. The van der Waals surface area contributed by atoms with Gasteiger partial charge < -0.3 is 14.9 Å². The molecule has 0 aliphatic carbocycles. The maximum absolute atomic E-state index is 12.6. The third-order valence-electron chi connectivity index (χ3n) is 5.06. The van der Waals surface area contributed by atoms with Crippen LogP contribution >= 0.6 is 11.8 Å². The molecule has 7 heteroatoms. The highest BCUT2D eigenvalue weighted by atomic mass is 32.2. The number of benzene rings is 3. The smallest absolute Gasteiger partial charge is 0.234 e. The van der Waals surface area contributed by atoms with Gasteiger partial charge in [0.05, 0.1) is 5.75 Å². The van der Waals surface area contributed by atoms with Crippen LogP contribution in [0.15, 0.2) is 78.1 Å². The summed E-state index contributed by atoms with van der Waals surface area (Å²) in [6.07, 6.45) is 1.94. The zero-order valence-electron chi connectivity index (χ0n) is 16.3. The van der Waals surface area contributed by atoms with Gasteiger partial charge >= 0.3 is 0 Å². The van der Waals surface area contributed by atoms with Gasteiger partial charge in [-0.3, -0.25) is 4.79 Å². The molecule has 2 N–H and O–H groups in total. The first-order valence-corrected chi connectivity index (χ1v) is 10.6. The lowest BCUT2D eigenvalue weighted by atomic mass is 10.1. The van der Waals surface area contributed by atoms with Crippen LogP contribution in [-0.4, -0.2) is 31.4 Å². The van der Waals surface area contributed by atoms with E-state index >= 15 is 0 Å². The van der Waals surface area contributed by atoms with Crippen LogP contribution in [0.4, 0.5) is 5.69 Å². The summed E-state index contributed by atoms with van der Waals surface area (Å²) in [5.41, 5.74) is 2.86. The number of rotatable bonds is 5. The van der Waals surface area contributed by atoms with Gasteiger partial charge in [0.25, 0.3) is 0 Å². The van der Waals surface area contributed by atoms with Crippen LogP contribution in [0, 0.1) is 0 Å². The van der Waals surface area contributed by atoms with Crippen molar-refractivity contribution in [1.29, 1.82) is 0 Å². The normalized spacial score (nSPS) is 11.2. The number of aromatic nitrogens is 4. The molecule has 148 valence electrons. The van der Waals surface area contributed by atoms with E-state index in [0.717, 1.165) is 38.8 Å². The van der Waals surface area contributed by atoms with Crippen LogP contribution in [0.5, 0.6) is 0 Å². The summed E-state index contributed by atoms with van der Waals surface area (Å²) in [4.78, 5) is 15.8. The number of amides is 1. The molecule has 3 aromatic carbocycles. The van der Waals surface area contributed by atoms with Crippen molar-refractivity contribution in [1.82, 2.24) is 19.7 Å². The molecular weight excluding hydrogens is 394 g/mol. The number of nitrogens with zero attached hydrogens (tertiary/aromatic N) is 3. The monoisotopic (exact) mass is 413 g/mol. The number of nitrogens with one attached hydrogen (secondary N) is 2. The molecule has 30 heavy (non-hydrogen) atoms. The van der Waals surface area contributed by atoms with Gasteiger partial charge in [0.1, 0.15) is 0 Å². The second-order valence-electron chi connectivity index (χ2n) is 6.98. The predicted molar refractivity (Wildman–Crippen MR) is 122 cm³/mol. The largest absolute Gasteiger partial charge is 0.360 e. The second kappa shape index (κ2) is 7.68. The molecule has 0 aliphatic heterocycles. The van der Waals surface area contributed by atoms with E-state index in [4.69, 9.17) is 0 Å². The summed E-state index contributed by atoms with van der Waals surface area (Å²) in [5, 5.41) is 15.6. The summed E-state index contributed by atoms with van der Waals surface area (Å²) >= 11 is 1.37. The van der Waals surface area contributed by atoms with Gasteiger partial charge in [0.2, 0.25) is 5.91 Å². The van der Waals surface area contributed by atoms with E-state index in [1.165, 1.54) is 11.8 Å². The molecule has 0 spiro atoms. The van der Waals surface area contributed by atoms with E-state index < -0.39 is 0 Å². The van der Waals surface area contributed by atoms with Crippen LogP contribution in [0.3, 0.4) is 0 Å². The molecule has 1 amide bonds. The van der Waals surface area contributed by atoms with Gasteiger partial charge in [-0.25, -0.2) is 0 Å². The number of carbonyl (C=O) groups excluding carboxylic acids is 1. The minimum Gasteiger partial charge on any atom is -0.360 e. The molecule has 5 rings (SSSR count). The molecule has 2 aromatic heterocycles. The van der Waals surface area contributed by atoms with Crippen molar-refractivity contribution >= 4 is 45.0 Å². The van der Waals surface area contributed by atoms with E-state index in [1.54, 1.807) is 0 Å². The third kappa shape index (κ3) is 3.33. The topological polar surface area (TPSA) is 75.6 Å². The molecule has 0 radical (unpaired) electrons. The Balaban J connectivity index is 1.32. The molecule has 0 bridgehead atoms. The summed E-state index contributed by atoms with van der Waals surface area (Å²) in [6, 6.07) is 22.0. The number of H-pyrrole nitrogens is 1. The quantitative estimate of drug-likeness (QED) is 0.404. The molecule has 0 fully saturated rings. The van der Waals surface area contributed by atoms with E-state index in [0.29, 0.717) is 5.16 Å². The van der Waals surface area contributed by atoms with E-state index in [2.05, 4.69) is 26.6 Å². The van der Waals surface area contributed by atoms with Crippen LogP contribution in [0.25, 0.3) is 33.1 Å². The zero-order chi connectivity index (χ0) is 20.5. The van der Waals surface area contributed by atoms with Gasteiger partial charge in [0, 0.05) is 40.8 Å². The molecule has 2 heterocycles. The van der Waals surface area contributed by atoms with E-state index in [1.807, 2.05) is 78.5 Å². The van der Waals surface area contributed by atoms with Crippen molar-refractivity contribution in [3.8, 4) is 11.4 Å². The van der Waals surface area contributed by atoms with Crippen LogP contribution in [-0.2, 0) is 11.8 Å². The Morgan fingerprint density at radius 1 is 1.00 bits per heavy atom. The Morgan fingerprint density at radius 2 is 1.77 bits per heavy atom. The summed E-state index contributed by atoms with van der Waals surface area (Å²) in [7, 11) is 1.92. The molecule has 0 atom stereocenters. The first-order valence-electron chi connectivity index (χ1n) is 9.57. The predicted octanol–water partition coefficient (Wildman–Crippen LogP) is 4.85. The lowest BCUT2D eigenvalue weighted by molar-refractivity contribution is -0.113. The van der Waals surface area contributed by atoms with Crippen LogP contribution in [0.1, 0.15) is 0 Å². The first kappa shape index (κ1) is 18.4. The number of fused-ring (bicyclic) bond motifs is 2. The van der Waals surface area contributed by atoms with Crippen molar-refractivity contribution in [2.24, 2.45) is 7.05 Å². The SMILES string of the molecule is Cn1c(SCC(=O)Nc2cccc3ccccc23)nnc1-c1c[nH]c2ccccc12. The van der Waals surface area contributed by atoms with E-state index in [9.17, 15) is 4.79 Å². The van der Waals surface area contributed by atoms with Crippen molar-refractivity contribution in [2.75, 3.05) is 11.1 Å². The number of carbonyl (C=O) groups is 1. The second-order valence-corrected chi connectivity index (χ2v) is 7.92. The highest BCUT2D eigenvalue weighted by Gasteiger charge is 2.16. The van der Waals surface area contributed by atoms with Crippen LogP contribution < -0.4 is 5.32 Å². The summed E-state index contributed by atoms with van der Waals surface area (Å²) in [5.74, 6) is 0.945. The molecule has 0 aliphatic rings. The highest BCUT2D eigenvalue weighted by Crippen LogP contribution is 2.29. The fourth-order valence-corrected chi connectivity index (χ4v) is 4.29. The Bertz CT molecular complexity index is 1370. The zero-order valence-corrected chi connectivity index (χ0v) is 17.1. The first-order chi connectivity index (χ1) is 14.7. The minimum atomic E-state index is -0.0759. The number of thioether (sulfide) groups is 1. The lowest BCUT2D eigenvalue weighted by Crippen LogP contribution is -2.14. The Kier molecular flexibility index (Phi) is 4.72. The maximum atomic E-state index is 12.6. The number of hydrogen-bond donors (Lipinski definition) is 2. The number of aromatic amines is 1. The molecule has 6 nitrogen and oxygen atoms in total. The van der Waals surface area contributed by atoms with Crippen molar-refractivity contribution < 1.29 is 4.79 Å². The standard InChI is InChI=1S/C23H19N5OS/c1-28-22(18-13-24-19-11-5-4-10-17(18)19)26-27-23(28)30-14-21(29)25-20-12-6-8-15-7-2-3-9-16(15)20/h2-13,24H,14H2,1H3,(H,25,29). The molecule has 5 aromatic rings. The third-order valence-corrected chi connectivity index (χ3v) is 6.08. The van der Waals surface area contributed by atoms with Gasteiger partial charge in [-0.15, -0.1) is 10.2 Å². The van der Waals surface area contributed by atoms with Crippen molar-refractivity contribution in [2.45, 2.75) is 5.16 Å². The number of para-hydroxylation sites is 1. The van der Waals surface area contributed by atoms with Gasteiger partial charge in [0.15, 0.2) is 11.0 Å². The molecular formula is C23H19N5OS. The molecule has 0 saturated heterocycles. The molecule has 0 unspecified atom stereocenters. The highest BCUT2D eigenvalue weighted by molar-refractivity contribution is 7.99. The Labute approximate surface area is 177 Å². The fourth-order valence-electron chi connectivity index (χ4n) is 3.58. The van der Waals surface area contributed by atoms with Crippen LogP contribution in [0.2, 0.25) is 0 Å². The van der Waals surface area contributed by atoms with Gasteiger partial charge in [-0.05, 0) is 17.5 Å².